The van der Waals surface area contributed by atoms with Gasteiger partial charge in [0.2, 0.25) is 0 Å². The second-order valence-electron chi connectivity index (χ2n) is 7.67. The molecule has 1 aliphatic rings. The van der Waals surface area contributed by atoms with Crippen LogP contribution in [0.1, 0.15) is 56.0 Å². The van der Waals surface area contributed by atoms with Crippen LogP contribution in [-0.4, -0.2) is 57.5 Å². The van der Waals surface area contributed by atoms with Crippen molar-refractivity contribution in [3.63, 3.8) is 0 Å². The van der Waals surface area contributed by atoms with Gasteiger partial charge in [-0.25, -0.2) is 0 Å². The Morgan fingerprint density at radius 1 is 1.35 bits per heavy atom. The van der Waals surface area contributed by atoms with Gasteiger partial charge in [-0.1, -0.05) is 25.2 Å². The molecule has 1 aromatic carbocycles. The number of carbonyl (C=O) groups excluding carboxylic acids is 1. The lowest BCUT2D eigenvalue weighted by Gasteiger charge is -2.44. The number of amides is 1. The fraction of sp³-hybridized carbons (Fsp3) is 0.571. The quantitative estimate of drug-likeness (QED) is 0.716. The van der Waals surface area contributed by atoms with Crippen molar-refractivity contribution in [1.82, 2.24) is 4.90 Å². The number of likely N-dealkylation sites (tertiary alicyclic amines) is 1. The molecule has 0 aliphatic carbocycles. The zero-order chi connectivity index (χ0) is 19.4. The molecule has 5 heteroatoms. The van der Waals surface area contributed by atoms with E-state index in [1.807, 2.05) is 6.92 Å². The highest BCUT2D eigenvalue weighted by molar-refractivity contribution is 5.94. The summed E-state index contributed by atoms with van der Waals surface area (Å²) in [5, 5.41) is 29.9. The van der Waals surface area contributed by atoms with E-state index in [0.29, 0.717) is 18.5 Å². The van der Waals surface area contributed by atoms with Crippen LogP contribution < -0.4 is 0 Å². The molecule has 3 N–H and O–H groups in total. The number of benzene rings is 1. The van der Waals surface area contributed by atoms with Gasteiger partial charge >= 0.3 is 0 Å². The fourth-order valence-corrected chi connectivity index (χ4v) is 3.36. The van der Waals surface area contributed by atoms with Gasteiger partial charge in [0, 0.05) is 29.6 Å². The van der Waals surface area contributed by atoms with Crippen molar-refractivity contribution in [2.75, 3.05) is 19.7 Å². The number of nitrogens with zero attached hydrogens (tertiary/aromatic N) is 1. The summed E-state index contributed by atoms with van der Waals surface area (Å²) in [5.74, 6) is 5.48. The molecule has 1 aromatic rings. The summed E-state index contributed by atoms with van der Waals surface area (Å²) in [6, 6.07) is 6.93. The smallest absolute Gasteiger partial charge is 0.253 e. The van der Waals surface area contributed by atoms with Crippen molar-refractivity contribution in [2.45, 2.75) is 51.7 Å². The van der Waals surface area contributed by atoms with E-state index in [0.717, 1.165) is 18.4 Å². The lowest BCUT2D eigenvalue weighted by Crippen LogP contribution is -2.54. The normalized spacial score (nSPS) is 23.3. The number of hydrogen-bond donors (Lipinski definition) is 3. The number of β-amino-alcohol motifs (C(OH)–C–C–N with tert-alkyl or cyclic N) is 1. The van der Waals surface area contributed by atoms with Gasteiger partial charge < -0.3 is 20.2 Å². The maximum atomic E-state index is 12.7. The Bertz CT molecular complexity index is 681. The van der Waals surface area contributed by atoms with Crippen LogP contribution in [0.15, 0.2) is 24.3 Å². The molecule has 0 bridgehead atoms. The summed E-state index contributed by atoms with van der Waals surface area (Å²) in [7, 11) is 0. The Labute approximate surface area is 155 Å². The van der Waals surface area contributed by atoms with Crippen LogP contribution in [0.4, 0.5) is 0 Å². The molecule has 0 radical (unpaired) electrons. The molecule has 5 nitrogen and oxygen atoms in total. The Hall–Kier alpha value is -1.87. The molecule has 0 saturated carbocycles. The third-order valence-electron chi connectivity index (χ3n) is 4.97. The minimum Gasteiger partial charge on any atom is -0.396 e. The Balaban J connectivity index is 2.07. The fourth-order valence-electron chi connectivity index (χ4n) is 3.36. The van der Waals surface area contributed by atoms with Crippen molar-refractivity contribution in [2.24, 2.45) is 5.41 Å². The van der Waals surface area contributed by atoms with E-state index in [-0.39, 0.29) is 19.1 Å². The van der Waals surface area contributed by atoms with Gasteiger partial charge in [-0.2, -0.15) is 0 Å². The highest BCUT2D eigenvalue weighted by Crippen LogP contribution is 2.36. The molecule has 1 saturated heterocycles. The van der Waals surface area contributed by atoms with Gasteiger partial charge in [0.25, 0.3) is 5.91 Å². The molecule has 2 rings (SSSR count). The van der Waals surface area contributed by atoms with Crippen LogP contribution in [0.2, 0.25) is 0 Å². The summed E-state index contributed by atoms with van der Waals surface area (Å²) in [6.45, 7) is 5.97. The van der Waals surface area contributed by atoms with Crippen molar-refractivity contribution in [1.29, 1.82) is 0 Å². The molecule has 142 valence electrons. The van der Waals surface area contributed by atoms with E-state index >= 15 is 0 Å². The number of carbonyl (C=O) groups is 1. The maximum Gasteiger partial charge on any atom is 0.253 e. The number of aliphatic hydroxyl groups is 3. The molecule has 26 heavy (non-hydrogen) atoms. The number of aliphatic hydroxyl groups excluding tert-OH is 2. The van der Waals surface area contributed by atoms with Crippen molar-refractivity contribution >= 4 is 5.91 Å². The highest BCUT2D eigenvalue weighted by Gasteiger charge is 2.42. The lowest BCUT2D eigenvalue weighted by atomic mass is 9.73. The first-order chi connectivity index (χ1) is 12.2. The summed E-state index contributed by atoms with van der Waals surface area (Å²) >= 11 is 0. The molecular weight excluding hydrogens is 330 g/mol. The average Bonchev–Trinajstić information content (AvgIpc) is 2.61. The Kier molecular flexibility index (Phi) is 6.46. The molecule has 2 atom stereocenters. The zero-order valence-corrected chi connectivity index (χ0v) is 15.8. The van der Waals surface area contributed by atoms with E-state index < -0.39 is 17.1 Å². The third-order valence-corrected chi connectivity index (χ3v) is 4.97. The van der Waals surface area contributed by atoms with E-state index in [4.69, 9.17) is 0 Å². The Morgan fingerprint density at radius 2 is 2.00 bits per heavy atom. The summed E-state index contributed by atoms with van der Waals surface area (Å²) < 4.78 is 0. The summed E-state index contributed by atoms with van der Waals surface area (Å²) in [6.07, 6.45) is 1.52. The molecule has 1 aliphatic heterocycles. The van der Waals surface area contributed by atoms with E-state index in [1.54, 1.807) is 43.0 Å². The van der Waals surface area contributed by atoms with Gasteiger partial charge in [-0.3, -0.25) is 4.79 Å². The van der Waals surface area contributed by atoms with Crippen LogP contribution in [0.3, 0.4) is 0 Å². The maximum absolute atomic E-state index is 12.7. The lowest BCUT2D eigenvalue weighted by molar-refractivity contribution is -0.0713. The van der Waals surface area contributed by atoms with Gasteiger partial charge in [-0.05, 0) is 51.0 Å². The molecule has 0 aromatic heterocycles. The van der Waals surface area contributed by atoms with E-state index in [9.17, 15) is 20.1 Å². The van der Waals surface area contributed by atoms with Crippen LogP contribution in [0.5, 0.6) is 0 Å². The summed E-state index contributed by atoms with van der Waals surface area (Å²) in [4.78, 5) is 14.4. The van der Waals surface area contributed by atoms with Crippen molar-refractivity contribution in [3.8, 4) is 11.8 Å². The van der Waals surface area contributed by atoms with E-state index in [1.165, 1.54) is 0 Å². The second-order valence-corrected chi connectivity index (χ2v) is 7.67. The van der Waals surface area contributed by atoms with Gasteiger partial charge in [0.15, 0.2) is 0 Å². The monoisotopic (exact) mass is 359 g/mol. The van der Waals surface area contributed by atoms with Gasteiger partial charge in [0.1, 0.15) is 5.60 Å². The average molecular weight is 359 g/mol. The largest absolute Gasteiger partial charge is 0.396 e. The van der Waals surface area contributed by atoms with Gasteiger partial charge in [0.05, 0.1) is 12.7 Å². The first kappa shape index (κ1) is 20.4. The first-order valence-electron chi connectivity index (χ1n) is 9.14. The van der Waals surface area contributed by atoms with Crippen molar-refractivity contribution < 1.29 is 20.1 Å². The SMILES string of the molecule is CCC[C@]1(CO)CCN(C(=O)c2ccc(C#CC(C)(C)O)cc2)CC1O. The second kappa shape index (κ2) is 8.22. The van der Waals surface area contributed by atoms with E-state index in [2.05, 4.69) is 11.8 Å². The topological polar surface area (TPSA) is 81.0 Å². The third kappa shape index (κ3) is 4.85. The number of rotatable bonds is 4. The Morgan fingerprint density at radius 3 is 2.50 bits per heavy atom. The minimum absolute atomic E-state index is 0.0569. The van der Waals surface area contributed by atoms with Crippen LogP contribution in [0, 0.1) is 17.3 Å². The van der Waals surface area contributed by atoms with Crippen molar-refractivity contribution in [3.05, 3.63) is 35.4 Å². The van der Waals surface area contributed by atoms with Crippen LogP contribution in [-0.2, 0) is 0 Å². The standard InChI is InChI=1S/C21H29NO4/c1-4-10-21(15-23)12-13-22(14-18(21)24)19(25)17-7-5-16(6-8-17)9-11-20(2,3)26/h5-8,18,23-24,26H,4,10,12-15H2,1-3H3/t18?,21-/m1/s1. The number of piperidine rings is 1. The first-order valence-corrected chi connectivity index (χ1v) is 9.14. The predicted octanol–water partition coefficient (Wildman–Crippen LogP) is 1.79. The van der Waals surface area contributed by atoms with Crippen LogP contribution >= 0.6 is 0 Å². The number of hydrogen-bond acceptors (Lipinski definition) is 4. The molecular formula is C21H29NO4. The zero-order valence-electron chi connectivity index (χ0n) is 15.8. The van der Waals surface area contributed by atoms with Gasteiger partial charge in [-0.15, -0.1) is 0 Å². The molecule has 0 spiro atoms. The highest BCUT2D eigenvalue weighted by atomic mass is 16.3. The summed E-state index contributed by atoms with van der Waals surface area (Å²) in [5.41, 5.74) is -0.291. The van der Waals surface area contributed by atoms with Crippen LogP contribution in [0.25, 0.3) is 0 Å². The predicted molar refractivity (Wildman–Crippen MR) is 101 cm³/mol. The molecule has 1 amide bonds. The molecule has 1 unspecified atom stereocenters. The molecule has 1 heterocycles. The molecule has 1 fully saturated rings. The minimum atomic E-state index is -1.06.